The molecular weight excluding hydrogens is 492 g/mol. The van der Waals surface area contributed by atoms with Crippen LogP contribution in [0.25, 0.3) is 5.76 Å². The molecule has 1 aliphatic rings. The molecule has 0 bridgehead atoms. The quantitative estimate of drug-likeness (QED) is 0.203. The van der Waals surface area contributed by atoms with Gasteiger partial charge in [-0.2, -0.15) is 0 Å². The van der Waals surface area contributed by atoms with Gasteiger partial charge in [0.05, 0.1) is 18.2 Å². The molecule has 0 saturated carbocycles. The van der Waals surface area contributed by atoms with Crippen molar-refractivity contribution in [2.24, 2.45) is 5.92 Å². The highest BCUT2D eigenvalue weighted by molar-refractivity contribution is 6.46. The number of para-hydroxylation sites is 1. The van der Waals surface area contributed by atoms with Crippen LogP contribution in [-0.4, -0.2) is 60.4 Å². The number of carbonyl (C=O) groups excluding carboxylic acids is 2. The number of amides is 1. The summed E-state index contributed by atoms with van der Waals surface area (Å²) in [5.74, 6) is 0.783. The molecule has 3 aromatic rings. The predicted octanol–water partition coefficient (Wildman–Crippen LogP) is 5.81. The number of likely N-dealkylation sites (tertiary alicyclic amines) is 1. The number of likely N-dealkylation sites (N-methyl/N-ethyl adjacent to an activating group) is 1. The zero-order valence-corrected chi connectivity index (χ0v) is 23.2. The molecule has 0 radical (unpaired) electrons. The van der Waals surface area contributed by atoms with Gasteiger partial charge < -0.3 is 24.4 Å². The van der Waals surface area contributed by atoms with Crippen molar-refractivity contribution in [2.45, 2.75) is 26.8 Å². The van der Waals surface area contributed by atoms with Gasteiger partial charge in [-0.1, -0.05) is 44.2 Å². The number of carbonyl (C=O) groups is 2. The topological polar surface area (TPSA) is 79.3 Å². The second kappa shape index (κ2) is 12.2. The van der Waals surface area contributed by atoms with Crippen LogP contribution in [0, 0.1) is 12.8 Å². The van der Waals surface area contributed by atoms with Gasteiger partial charge in [0.25, 0.3) is 11.7 Å². The van der Waals surface area contributed by atoms with Gasteiger partial charge in [0.2, 0.25) is 0 Å². The van der Waals surface area contributed by atoms with Crippen LogP contribution in [0.1, 0.15) is 36.6 Å². The summed E-state index contributed by atoms with van der Waals surface area (Å²) in [7, 11) is 3.82. The van der Waals surface area contributed by atoms with E-state index in [-0.39, 0.29) is 11.3 Å². The lowest BCUT2D eigenvalue weighted by atomic mass is 9.94. The Morgan fingerprint density at radius 1 is 0.974 bits per heavy atom. The summed E-state index contributed by atoms with van der Waals surface area (Å²) in [6.07, 6.45) is 0. The van der Waals surface area contributed by atoms with Crippen molar-refractivity contribution in [1.29, 1.82) is 0 Å². The number of aliphatic hydroxyl groups excluding tert-OH is 1. The molecule has 4 rings (SSSR count). The van der Waals surface area contributed by atoms with Crippen LogP contribution in [0.5, 0.6) is 17.2 Å². The zero-order chi connectivity index (χ0) is 28.1. The fourth-order valence-electron chi connectivity index (χ4n) is 4.51. The molecule has 0 spiro atoms. The summed E-state index contributed by atoms with van der Waals surface area (Å²) < 4.78 is 11.9. The van der Waals surface area contributed by atoms with Gasteiger partial charge in [0, 0.05) is 18.7 Å². The third-order valence-electron chi connectivity index (χ3n) is 6.50. The molecule has 1 saturated heterocycles. The number of aliphatic hydroxyl groups is 1. The Bertz CT molecular complexity index is 1360. The number of aryl methyl sites for hydroxylation is 1. The van der Waals surface area contributed by atoms with Crippen molar-refractivity contribution in [2.75, 3.05) is 33.8 Å². The van der Waals surface area contributed by atoms with E-state index in [0.717, 1.165) is 5.56 Å². The molecule has 0 unspecified atom stereocenters. The zero-order valence-electron chi connectivity index (χ0n) is 23.2. The van der Waals surface area contributed by atoms with Crippen molar-refractivity contribution in [1.82, 2.24) is 9.80 Å². The van der Waals surface area contributed by atoms with E-state index in [1.165, 1.54) is 4.90 Å². The molecule has 7 nitrogen and oxygen atoms in total. The highest BCUT2D eigenvalue weighted by Gasteiger charge is 2.46. The van der Waals surface area contributed by atoms with Crippen molar-refractivity contribution in [3.8, 4) is 17.2 Å². The Hall–Kier alpha value is -4.10. The number of hydrogen-bond acceptors (Lipinski definition) is 6. The molecule has 1 fully saturated rings. The van der Waals surface area contributed by atoms with E-state index in [2.05, 4.69) is 13.8 Å². The van der Waals surface area contributed by atoms with Crippen LogP contribution < -0.4 is 9.47 Å². The summed E-state index contributed by atoms with van der Waals surface area (Å²) in [6, 6.07) is 21.2. The van der Waals surface area contributed by atoms with E-state index < -0.39 is 17.7 Å². The molecular formula is C32H36N2O5. The first kappa shape index (κ1) is 27.9. The molecule has 39 heavy (non-hydrogen) atoms. The summed E-state index contributed by atoms with van der Waals surface area (Å²) in [5.41, 5.74) is 2.02. The van der Waals surface area contributed by atoms with Crippen LogP contribution in [0.15, 0.2) is 78.4 Å². The molecule has 1 heterocycles. The van der Waals surface area contributed by atoms with E-state index in [4.69, 9.17) is 9.47 Å². The van der Waals surface area contributed by atoms with Gasteiger partial charge in [-0.3, -0.25) is 9.59 Å². The summed E-state index contributed by atoms with van der Waals surface area (Å²) in [6.45, 7) is 7.50. The molecule has 1 N–H and O–H groups in total. The van der Waals surface area contributed by atoms with Gasteiger partial charge in [0.15, 0.2) is 0 Å². The molecule has 204 valence electrons. The summed E-state index contributed by atoms with van der Waals surface area (Å²) in [5, 5.41) is 11.5. The molecule has 1 amide bonds. The maximum atomic E-state index is 13.4. The van der Waals surface area contributed by atoms with Crippen LogP contribution in [0.4, 0.5) is 0 Å². The van der Waals surface area contributed by atoms with E-state index in [1.807, 2.05) is 80.5 Å². The Morgan fingerprint density at radius 2 is 1.69 bits per heavy atom. The first-order valence-corrected chi connectivity index (χ1v) is 13.2. The summed E-state index contributed by atoms with van der Waals surface area (Å²) >= 11 is 0. The first-order valence-electron chi connectivity index (χ1n) is 13.2. The van der Waals surface area contributed by atoms with Crippen molar-refractivity contribution in [3.63, 3.8) is 0 Å². The van der Waals surface area contributed by atoms with Gasteiger partial charge in [0.1, 0.15) is 23.0 Å². The van der Waals surface area contributed by atoms with Crippen LogP contribution in [0.2, 0.25) is 0 Å². The van der Waals surface area contributed by atoms with Crippen LogP contribution >= 0.6 is 0 Å². The number of nitrogens with zero attached hydrogens (tertiary/aromatic N) is 2. The largest absolute Gasteiger partial charge is 0.507 e. The van der Waals surface area contributed by atoms with Gasteiger partial charge in [-0.15, -0.1) is 0 Å². The van der Waals surface area contributed by atoms with Crippen molar-refractivity contribution in [3.05, 3.63) is 95.1 Å². The number of benzene rings is 3. The first-order chi connectivity index (χ1) is 18.7. The maximum absolute atomic E-state index is 13.4. The Balaban J connectivity index is 1.76. The fourth-order valence-corrected chi connectivity index (χ4v) is 4.51. The molecule has 0 aromatic heterocycles. The van der Waals surface area contributed by atoms with E-state index >= 15 is 0 Å². The van der Waals surface area contributed by atoms with Crippen LogP contribution in [-0.2, 0) is 9.59 Å². The average molecular weight is 529 g/mol. The number of hydrogen-bond donors (Lipinski definition) is 1. The van der Waals surface area contributed by atoms with Gasteiger partial charge in [-0.05, 0) is 80.5 Å². The number of rotatable bonds is 10. The molecule has 7 heteroatoms. The van der Waals surface area contributed by atoms with Gasteiger partial charge >= 0.3 is 0 Å². The minimum absolute atomic E-state index is 0.0610. The summed E-state index contributed by atoms with van der Waals surface area (Å²) in [4.78, 5) is 30.1. The third-order valence-corrected chi connectivity index (χ3v) is 6.50. The highest BCUT2D eigenvalue weighted by Crippen LogP contribution is 2.41. The van der Waals surface area contributed by atoms with E-state index in [9.17, 15) is 14.7 Å². The maximum Gasteiger partial charge on any atom is 0.295 e. The monoisotopic (exact) mass is 528 g/mol. The van der Waals surface area contributed by atoms with Crippen LogP contribution in [0.3, 0.4) is 0 Å². The SMILES string of the molecule is Cc1cc(/C(O)=C2\C(=O)C(=O)N(CCN(C)C)[C@@H]2c2cccc(Oc3ccccc3)c2)ccc1OCC(C)C. The normalized spacial score (nSPS) is 16.8. The van der Waals surface area contributed by atoms with E-state index in [0.29, 0.717) is 54.0 Å². The second-order valence-corrected chi connectivity index (χ2v) is 10.5. The van der Waals surface area contributed by atoms with Crippen molar-refractivity contribution >= 4 is 17.4 Å². The molecule has 0 aliphatic carbocycles. The fraction of sp³-hybridized carbons (Fsp3) is 0.312. The Labute approximate surface area is 230 Å². The second-order valence-electron chi connectivity index (χ2n) is 10.5. The third kappa shape index (κ3) is 6.49. The van der Waals surface area contributed by atoms with E-state index in [1.54, 1.807) is 18.2 Å². The lowest BCUT2D eigenvalue weighted by Gasteiger charge is -2.27. The molecule has 3 aromatic carbocycles. The number of Topliss-reactive ketones (excluding diaryl/α,β-unsaturated/α-hetero) is 1. The smallest absolute Gasteiger partial charge is 0.295 e. The van der Waals surface area contributed by atoms with Gasteiger partial charge in [-0.25, -0.2) is 0 Å². The lowest BCUT2D eigenvalue weighted by molar-refractivity contribution is -0.140. The number of ether oxygens (including phenoxy) is 2. The molecule has 1 atom stereocenters. The standard InChI is InChI=1S/C32H36N2O5/c1-21(2)20-38-27-15-14-24(18-22(27)3)30(35)28-29(34(17-16-33(4)5)32(37)31(28)36)23-10-9-13-26(19-23)39-25-11-7-6-8-12-25/h6-15,18-19,21,29,35H,16-17,20H2,1-5H3/b30-28+/t29-/m1/s1. The predicted molar refractivity (Wildman–Crippen MR) is 152 cm³/mol. The number of ketones is 1. The van der Waals surface area contributed by atoms with Crippen molar-refractivity contribution < 1.29 is 24.2 Å². The molecule has 1 aliphatic heterocycles. The average Bonchev–Trinajstić information content (AvgIpc) is 3.16. The highest BCUT2D eigenvalue weighted by atomic mass is 16.5. The Kier molecular flexibility index (Phi) is 8.72. The Morgan fingerprint density at radius 3 is 2.36 bits per heavy atom. The minimum atomic E-state index is -0.763. The lowest BCUT2D eigenvalue weighted by Crippen LogP contribution is -2.35. The minimum Gasteiger partial charge on any atom is -0.507 e.